The Balaban J connectivity index is 1.48. The molecular weight excluding hydrogens is 490 g/mol. The zero-order valence-electron chi connectivity index (χ0n) is 22.1. The molecule has 0 fully saturated rings. The number of aromatic hydroxyl groups is 1. The number of aryl methyl sites for hydroxylation is 1. The van der Waals surface area contributed by atoms with E-state index in [1.54, 1.807) is 42.5 Å². The van der Waals surface area contributed by atoms with Crippen LogP contribution >= 0.6 is 0 Å². The first-order valence-electron chi connectivity index (χ1n) is 12.9. The molecule has 4 aromatic rings. The van der Waals surface area contributed by atoms with Crippen LogP contribution in [0.1, 0.15) is 37.0 Å². The molecule has 0 aliphatic rings. The van der Waals surface area contributed by atoms with Gasteiger partial charge in [0.25, 0.3) is 0 Å². The van der Waals surface area contributed by atoms with Gasteiger partial charge in [0, 0.05) is 16.6 Å². The lowest BCUT2D eigenvalue weighted by atomic mass is 9.89. The molecule has 0 bridgehead atoms. The first-order chi connectivity index (χ1) is 18.8. The third-order valence-corrected chi connectivity index (χ3v) is 6.57. The highest BCUT2D eigenvalue weighted by Crippen LogP contribution is 2.37. The summed E-state index contributed by atoms with van der Waals surface area (Å²) in [6.45, 7) is 3.98. The average molecular weight is 524 g/mol. The van der Waals surface area contributed by atoms with E-state index in [9.17, 15) is 14.7 Å². The van der Waals surface area contributed by atoms with Crippen LogP contribution in [0.3, 0.4) is 0 Å². The van der Waals surface area contributed by atoms with Gasteiger partial charge in [0.05, 0.1) is 11.4 Å². The molecule has 7 nitrogen and oxygen atoms in total. The Bertz CT molecular complexity index is 1480. The van der Waals surface area contributed by atoms with Crippen molar-refractivity contribution in [1.29, 1.82) is 0 Å². The number of hydrogen-bond acceptors (Lipinski definition) is 5. The Morgan fingerprint density at radius 3 is 2.36 bits per heavy atom. The van der Waals surface area contributed by atoms with Crippen LogP contribution in [0.15, 0.2) is 97.1 Å². The largest absolute Gasteiger partial charge is 0.507 e. The first kappa shape index (κ1) is 27.3. The fourth-order valence-electron chi connectivity index (χ4n) is 4.43. The standard InChI is InChI=1S/C32H33N3O4/c1-21-15-17-23(18-16-21)34-32(38)39-31(26-19-20-29(36)25-11-5-4-10-24(25)26)22(2)9-3-8-14-30(37)35-28-13-7-6-12-27(28)33/h4-8,10-20,22,31,36H,3,9,33H2,1-2H3,(H,34,38)(H,35,37)/b14-8+/t22-,31-/m0/s1. The van der Waals surface area contributed by atoms with Crippen molar-refractivity contribution in [2.45, 2.75) is 32.8 Å². The summed E-state index contributed by atoms with van der Waals surface area (Å²) >= 11 is 0. The second kappa shape index (κ2) is 12.6. The molecule has 4 rings (SSSR count). The van der Waals surface area contributed by atoms with Crippen LogP contribution < -0.4 is 16.4 Å². The van der Waals surface area contributed by atoms with Crippen molar-refractivity contribution in [2.24, 2.45) is 5.92 Å². The zero-order chi connectivity index (χ0) is 27.8. The van der Waals surface area contributed by atoms with E-state index >= 15 is 0 Å². The molecule has 200 valence electrons. The van der Waals surface area contributed by atoms with E-state index in [-0.39, 0.29) is 17.6 Å². The zero-order valence-corrected chi connectivity index (χ0v) is 22.1. The Kier molecular flexibility index (Phi) is 8.84. The van der Waals surface area contributed by atoms with Gasteiger partial charge in [-0.25, -0.2) is 4.79 Å². The summed E-state index contributed by atoms with van der Waals surface area (Å²) in [5, 5.41) is 17.5. The predicted octanol–water partition coefficient (Wildman–Crippen LogP) is 7.34. The van der Waals surface area contributed by atoms with Gasteiger partial charge in [0.2, 0.25) is 5.91 Å². The lowest BCUT2D eigenvalue weighted by Gasteiger charge is -2.26. The summed E-state index contributed by atoms with van der Waals surface area (Å²) in [4.78, 5) is 25.3. The minimum Gasteiger partial charge on any atom is -0.507 e. The van der Waals surface area contributed by atoms with Gasteiger partial charge in [-0.1, -0.05) is 73.2 Å². The maximum absolute atomic E-state index is 12.9. The number of nitrogen functional groups attached to an aromatic ring is 1. The van der Waals surface area contributed by atoms with E-state index in [1.807, 2.05) is 62.4 Å². The van der Waals surface area contributed by atoms with Crippen LogP contribution in [0.4, 0.5) is 21.9 Å². The molecule has 0 radical (unpaired) electrons. The van der Waals surface area contributed by atoms with Crippen molar-refractivity contribution in [3.63, 3.8) is 0 Å². The number of carbonyl (C=O) groups excluding carboxylic acids is 2. The van der Waals surface area contributed by atoms with E-state index in [0.717, 1.165) is 16.5 Å². The summed E-state index contributed by atoms with van der Waals surface area (Å²) in [7, 11) is 0. The van der Waals surface area contributed by atoms with Crippen molar-refractivity contribution in [3.05, 3.63) is 108 Å². The number of nitrogens with two attached hydrogens (primary N) is 1. The number of carbonyl (C=O) groups is 2. The summed E-state index contributed by atoms with van der Waals surface area (Å²) in [5.74, 6) is -0.201. The number of benzene rings is 4. The number of fused-ring (bicyclic) bond motifs is 1. The molecule has 4 aromatic carbocycles. The van der Waals surface area contributed by atoms with Crippen LogP contribution in [0, 0.1) is 12.8 Å². The lowest BCUT2D eigenvalue weighted by Crippen LogP contribution is -2.22. The predicted molar refractivity (Wildman–Crippen MR) is 157 cm³/mol. The normalized spacial score (nSPS) is 12.7. The molecule has 0 heterocycles. The molecule has 0 aromatic heterocycles. The van der Waals surface area contributed by atoms with E-state index < -0.39 is 12.2 Å². The van der Waals surface area contributed by atoms with Crippen LogP contribution in [0.25, 0.3) is 10.8 Å². The van der Waals surface area contributed by atoms with Gasteiger partial charge in [-0.2, -0.15) is 0 Å². The highest BCUT2D eigenvalue weighted by molar-refractivity contribution is 6.01. The topological polar surface area (TPSA) is 114 Å². The number of phenols is 1. The van der Waals surface area contributed by atoms with Gasteiger partial charge in [-0.05, 0) is 67.5 Å². The quantitative estimate of drug-likeness (QED) is 0.135. The fourth-order valence-corrected chi connectivity index (χ4v) is 4.43. The number of rotatable bonds is 9. The van der Waals surface area contributed by atoms with Crippen LogP contribution in [-0.4, -0.2) is 17.1 Å². The van der Waals surface area contributed by atoms with Gasteiger partial charge in [-0.15, -0.1) is 0 Å². The van der Waals surface area contributed by atoms with E-state index in [4.69, 9.17) is 10.5 Å². The Morgan fingerprint density at radius 1 is 0.923 bits per heavy atom. The maximum atomic E-state index is 12.9. The number of anilines is 3. The molecular formula is C32H33N3O4. The van der Waals surface area contributed by atoms with E-state index in [2.05, 4.69) is 10.6 Å². The molecule has 0 aliphatic heterocycles. The molecule has 0 saturated carbocycles. The molecule has 2 atom stereocenters. The third-order valence-electron chi connectivity index (χ3n) is 6.57. The van der Waals surface area contributed by atoms with Gasteiger partial charge >= 0.3 is 6.09 Å². The number of ether oxygens (including phenoxy) is 1. The van der Waals surface area contributed by atoms with Crippen LogP contribution in [-0.2, 0) is 9.53 Å². The fraction of sp³-hybridized carbons (Fsp3) is 0.188. The molecule has 0 saturated heterocycles. The molecule has 5 N–H and O–H groups in total. The monoisotopic (exact) mass is 523 g/mol. The molecule has 2 amide bonds. The summed E-state index contributed by atoms with van der Waals surface area (Å²) < 4.78 is 6.00. The first-order valence-corrected chi connectivity index (χ1v) is 12.9. The number of para-hydroxylation sites is 2. The third kappa shape index (κ3) is 7.17. The molecule has 39 heavy (non-hydrogen) atoms. The second-order valence-electron chi connectivity index (χ2n) is 9.57. The van der Waals surface area contributed by atoms with Gasteiger partial charge in [0.15, 0.2) is 0 Å². The second-order valence-corrected chi connectivity index (χ2v) is 9.57. The van der Waals surface area contributed by atoms with Gasteiger partial charge in [-0.3, -0.25) is 10.1 Å². The number of phenolic OH excluding ortho intramolecular Hbond substituents is 1. The lowest BCUT2D eigenvalue weighted by molar-refractivity contribution is -0.111. The Hall–Kier alpha value is -4.78. The summed E-state index contributed by atoms with van der Waals surface area (Å²) in [5.41, 5.74) is 9.48. The molecule has 7 heteroatoms. The van der Waals surface area contributed by atoms with Crippen molar-refractivity contribution in [2.75, 3.05) is 16.4 Å². The minimum absolute atomic E-state index is 0.0980. The highest BCUT2D eigenvalue weighted by atomic mass is 16.6. The Morgan fingerprint density at radius 2 is 1.62 bits per heavy atom. The highest BCUT2D eigenvalue weighted by Gasteiger charge is 2.26. The maximum Gasteiger partial charge on any atom is 0.412 e. The number of nitrogens with one attached hydrogen (secondary N) is 2. The smallest absolute Gasteiger partial charge is 0.412 e. The molecule has 0 unspecified atom stereocenters. The Labute approximate surface area is 228 Å². The number of amides is 2. The van der Waals surface area contributed by atoms with Crippen molar-refractivity contribution in [3.8, 4) is 5.75 Å². The van der Waals surface area contributed by atoms with Crippen molar-refractivity contribution < 1.29 is 19.4 Å². The van der Waals surface area contributed by atoms with Crippen molar-refractivity contribution >= 4 is 39.8 Å². The SMILES string of the molecule is Cc1ccc(NC(=O)O[C@H](c2ccc(O)c3ccccc23)[C@@H](C)CC/C=C/C(=O)Nc2ccccc2N)cc1. The summed E-state index contributed by atoms with van der Waals surface area (Å²) in [6, 6.07) is 25.5. The molecule has 0 aliphatic carbocycles. The van der Waals surface area contributed by atoms with Gasteiger partial charge < -0.3 is 20.9 Å². The van der Waals surface area contributed by atoms with Crippen molar-refractivity contribution in [1.82, 2.24) is 0 Å². The number of allylic oxidation sites excluding steroid dienone is 1. The van der Waals surface area contributed by atoms with Crippen LogP contribution in [0.2, 0.25) is 0 Å². The molecule has 0 spiro atoms. The van der Waals surface area contributed by atoms with E-state index in [1.165, 1.54) is 6.08 Å². The number of hydrogen-bond donors (Lipinski definition) is 4. The van der Waals surface area contributed by atoms with Gasteiger partial charge in [0.1, 0.15) is 11.9 Å². The average Bonchev–Trinajstić information content (AvgIpc) is 2.93. The van der Waals surface area contributed by atoms with E-state index in [0.29, 0.717) is 35.3 Å². The van der Waals surface area contributed by atoms with Crippen LogP contribution in [0.5, 0.6) is 5.75 Å². The minimum atomic E-state index is -0.590. The summed E-state index contributed by atoms with van der Waals surface area (Å²) in [6.07, 6.45) is 3.36.